The minimum atomic E-state index is -0.503. The molecule has 2 aromatic heterocycles. The fourth-order valence-electron chi connectivity index (χ4n) is 5.51. The van der Waals surface area contributed by atoms with Crippen LogP contribution in [-0.2, 0) is 11.3 Å². The minimum Gasteiger partial charge on any atom is -0.378 e. The molecule has 0 bridgehead atoms. The van der Waals surface area contributed by atoms with Gasteiger partial charge in [-0.3, -0.25) is 14.5 Å². The number of carbonyl (C=O) groups is 1. The Labute approximate surface area is 225 Å². The largest absolute Gasteiger partial charge is 0.378 e. The molecule has 0 unspecified atom stereocenters. The average Bonchev–Trinajstić information content (AvgIpc) is 3.34. The maximum Gasteiger partial charge on any atom is 0.258 e. The summed E-state index contributed by atoms with van der Waals surface area (Å²) < 4.78 is 26.4. The van der Waals surface area contributed by atoms with Crippen LogP contribution in [0.15, 0.2) is 64.2 Å². The van der Waals surface area contributed by atoms with Gasteiger partial charge in [0.05, 0.1) is 31.5 Å². The smallest absolute Gasteiger partial charge is 0.258 e. The van der Waals surface area contributed by atoms with Crippen LogP contribution < -0.4 is 10.9 Å². The Morgan fingerprint density at radius 3 is 2.67 bits per heavy atom. The summed E-state index contributed by atoms with van der Waals surface area (Å²) in [4.78, 5) is 28.6. The predicted octanol–water partition coefficient (Wildman–Crippen LogP) is 3.99. The van der Waals surface area contributed by atoms with E-state index in [0.29, 0.717) is 29.5 Å². The van der Waals surface area contributed by atoms with Crippen molar-refractivity contribution in [1.82, 2.24) is 19.9 Å². The molecule has 0 atom stereocenters. The zero-order valence-corrected chi connectivity index (χ0v) is 21.9. The Morgan fingerprint density at radius 1 is 1.13 bits per heavy atom. The van der Waals surface area contributed by atoms with E-state index >= 15 is 0 Å². The maximum absolute atomic E-state index is 14.5. The van der Waals surface area contributed by atoms with Crippen LogP contribution in [0.3, 0.4) is 0 Å². The number of hydrogen-bond acceptors (Lipinski definition) is 6. The molecule has 202 valence electrons. The number of aromatic nitrogens is 2. The van der Waals surface area contributed by atoms with Crippen LogP contribution in [-0.4, -0.2) is 59.4 Å². The molecule has 0 aliphatic carbocycles. The van der Waals surface area contributed by atoms with Crippen LogP contribution in [0.1, 0.15) is 34.5 Å². The lowest BCUT2D eigenvalue weighted by atomic mass is 9.95. The molecule has 4 heterocycles. The number of aryl methyl sites for hydroxylation is 1. The molecule has 2 aromatic carbocycles. The van der Waals surface area contributed by atoms with E-state index in [9.17, 15) is 14.0 Å². The molecule has 9 heteroatoms. The van der Waals surface area contributed by atoms with Crippen molar-refractivity contribution >= 4 is 16.7 Å². The van der Waals surface area contributed by atoms with Crippen molar-refractivity contribution in [2.45, 2.75) is 32.4 Å². The molecule has 4 aromatic rings. The Bertz CT molecular complexity index is 1570. The number of benzene rings is 2. The standard InChI is InChI=1S/C30H31FN4O4/c1-19-28(18-39-33-19)22-2-3-27-23(12-22)6-9-35(30(27)37)15-21-10-24(13-25(31)11-21)29(36)32-14-20-4-7-34(8-5-20)26-16-38-17-26/h2-3,6,9-13,18,20,26H,4-5,7-8,14-17H2,1H3,(H,32,36). The fourth-order valence-corrected chi connectivity index (χ4v) is 5.51. The quantitative estimate of drug-likeness (QED) is 0.389. The monoisotopic (exact) mass is 530 g/mol. The summed E-state index contributed by atoms with van der Waals surface area (Å²) in [6.07, 6.45) is 5.33. The van der Waals surface area contributed by atoms with E-state index in [1.54, 1.807) is 24.6 Å². The number of carbonyl (C=O) groups excluding carboxylic acids is 1. The fraction of sp³-hybridized carbons (Fsp3) is 0.367. The van der Waals surface area contributed by atoms with Crippen molar-refractivity contribution in [2.24, 2.45) is 5.92 Å². The normalized spacial score (nSPS) is 16.9. The van der Waals surface area contributed by atoms with Gasteiger partial charge in [0, 0.05) is 29.3 Å². The van der Waals surface area contributed by atoms with E-state index in [0.717, 1.165) is 61.4 Å². The summed E-state index contributed by atoms with van der Waals surface area (Å²) in [5.41, 5.74) is 3.19. The Balaban J connectivity index is 1.13. The summed E-state index contributed by atoms with van der Waals surface area (Å²) in [6, 6.07) is 12.2. The molecule has 2 fully saturated rings. The molecule has 8 nitrogen and oxygen atoms in total. The van der Waals surface area contributed by atoms with Crippen LogP contribution in [0.4, 0.5) is 4.39 Å². The summed E-state index contributed by atoms with van der Waals surface area (Å²) in [6.45, 7) is 6.26. The zero-order chi connectivity index (χ0) is 26.9. The molecule has 0 radical (unpaired) electrons. The van der Waals surface area contributed by atoms with Crippen LogP contribution in [0.5, 0.6) is 0 Å². The van der Waals surface area contributed by atoms with Crippen LogP contribution in [0.25, 0.3) is 21.9 Å². The molecule has 1 amide bonds. The first-order valence-corrected chi connectivity index (χ1v) is 13.4. The number of hydrogen-bond donors (Lipinski definition) is 1. The molecule has 0 spiro atoms. The lowest BCUT2D eigenvalue weighted by Gasteiger charge is -2.41. The van der Waals surface area contributed by atoms with Gasteiger partial charge in [0.15, 0.2) is 0 Å². The Morgan fingerprint density at radius 2 is 1.95 bits per heavy atom. The van der Waals surface area contributed by atoms with Gasteiger partial charge in [0.1, 0.15) is 12.1 Å². The third-order valence-electron chi connectivity index (χ3n) is 7.95. The summed E-state index contributed by atoms with van der Waals surface area (Å²) in [5.74, 6) is -0.395. The first-order valence-electron chi connectivity index (χ1n) is 13.4. The number of pyridine rings is 1. The van der Waals surface area contributed by atoms with Gasteiger partial charge in [0.25, 0.3) is 11.5 Å². The van der Waals surface area contributed by atoms with Crippen molar-refractivity contribution < 1.29 is 18.4 Å². The number of fused-ring (bicyclic) bond motifs is 1. The highest BCUT2D eigenvalue weighted by Crippen LogP contribution is 2.26. The lowest BCUT2D eigenvalue weighted by Crippen LogP contribution is -2.52. The molecular formula is C30H31FN4O4. The van der Waals surface area contributed by atoms with Crippen LogP contribution in [0.2, 0.25) is 0 Å². The second kappa shape index (κ2) is 10.7. The van der Waals surface area contributed by atoms with Gasteiger partial charge < -0.3 is 19.1 Å². The zero-order valence-electron chi connectivity index (χ0n) is 21.9. The van der Waals surface area contributed by atoms with Crippen molar-refractivity contribution in [1.29, 1.82) is 0 Å². The number of amides is 1. The first kappa shape index (κ1) is 25.5. The highest BCUT2D eigenvalue weighted by atomic mass is 19.1. The molecular weight excluding hydrogens is 499 g/mol. The van der Waals surface area contributed by atoms with Gasteiger partial charge in [0.2, 0.25) is 0 Å². The van der Waals surface area contributed by atoms with Gasteiger partial charge >= 0.3 is 0 Å². The van der Waals surface area contributed by atoms with Crippen LogP contribution >= 0.6 is 0 Å². The molecule has 6 rings (SSSR count). The minimum absolute atomic E-state index is 0.155. The highest BCUT2D eigenvalue weighted by molar-refractivity contribution is 5.94. The number of likely N-dealkylation sites (tertiary alicyclic amines) is 1. The van der Waals surface area contributed by atoms with Gasteiger partial charge in [-0.25, -0.2) is 4.39 Å². The van der Waals surface area contributed by atoms with Crippen molar-refractivity contribution in [3.63, 3.8) is 0 Å². The van der Waals surface area contributed by atoms with E-state index in [4.69, 9.17) is 9.26 Å². The number of nitrogens with one attached hydrogen (secondary N) is 1. The summed E-state index contributed by atoms with van der Waals surface area (Å²) >= 11 is 0. The Kier molecular flexibility index (Phi) is 7.01. The van der Waals surface area contributed by atoms with Gasteiger partial charge in [-0.15, -0.1) is 0 Å². The van der Waals surface area contributed by atoms with Crippen LogP contribution in [0, 0.1) is 18.7 Å². The van der Waals surface area contributed by atoms with Gasteiger partial charge in [-0.05, 0) is 91.7 Å². The number of halogens is 1. The average molecular weight is 531 g/mol. The second-order valence-electron chi connectivity index (χ2n) is 10.6. The van der Waals surface area contributed by atoms with Crippen molar-refractivity contribution in [3.05, 3.63) is 87.9 Å². The molecule has 2 aliphatic rings. The SMILES string of the molecule is Cc1nocc1-c1ccc2c(=O)n(Cc3cc(F)cc(C(=O)NCC4CCN(C5COC5)CC4)c3)ccc2c1. The van der Waals surface area contributed by atoms with E-state index in [-0.39, 0.29) is 23.6 Å². The number of piperidine rings is 1. The van der Waals surface area contributed by atoms with E-state index in [1.165, 1.54) is 16.7 Å². The first-order chi connectivity index (χ1) is 18.9. The summed E-state index contributed by atoms with van der Waals surface area (Å²) in [7, 11) is 0. The summed E-state index contributed by atoms with van der Waals surface area (Å²) in [5, 5.41) is 8.26. The highest BCUT2D eigenvalue weighted by Gasteiger charge is 2.29. The predicted molar refractivity (Wildman–Crippen MR) is 145 cm³/mol. The van der Waals surface area contributed by atoms with E-state index in [1.807, 2.05) is 25.1 Å². The molecule has 1 N–H and O–H groups in total. The third-order valence-corrected chi connectivity index (χ3v) is 7.95. The number of nitrogens with zero attached hydrogens (tertiary/aromatic N) is 3. The van der Waals surface area contributed by atoms with Crippen molar-refractivity contribution in [2.75, 3.05) is 32.8 Å². The molecule has 39 heavy (non-hydrogen) atoms. The number of ether oxygens (including phenoxy) is 1. The third kappa shape index (κ3) is 5.37. The maximum atomic E-state index is 14.5. The van der Waals surface area contributed by atoms with Gasteiger partial charge in [-0.2, -0.15) is 0 Å². The molecule has 2 aliphatic heterocycles. The molecule has 0 saturated carbocycles. The van der Waals surface area contributed by atoms with Gasteiger partial charge in [-0.1, -0.05) is 11.2 Å². The van der Waals surface area contributed by atoms with E-state index in [2.05, 4.69) is 15.4 Å². The Hall–Kier alpha value is -3.82. The lowest BCUT2D eigenvalue weighted by molar-refractivity contribution is -0.0735. The van der Waals surface area contributed by atoms with E-state index < -0.39 is 5.82 Å². The van der Waals surface area contributed by atoms with Crippen molar-refractivity contribution in [3.8, 4) is 11.1 Å². The molecule has 2 saturated heterocycles. The number of rotatable bonds is 7. The second-order valence-corrected chi connectivity index (χ2v) is 10.6. The topological polar surface area (TPSA) is 89.6 Å².